The summed E-state index contributed by atoms with van der Waals surface area (Å²) >= 11 is 0. The molecule has 1 amide bonds. The average molecular weight is 359 g/mol. The number of hydrogen-bond acceptors (Lipinski definition) is 4. The molecule has 0 bridgehead atoms. The minimum Gasteiger partial charge on any atom is -0.357 e. The van der Waals surface area contributed by atoms with Gasteiger partial charge in [-0.05, 0) is 26.7 Å². The Morgan fingerprint density at radius 1 is 1.42 bits per heavy atom. The maximum Gasteiger partial charge on any atom is 0.220 e. The molecule has 9 heteroatoms. The van der Waals surface area contributed by atoms with Gasteiger partial charge in [-0.2, -0.15) is 0 Å². The van der Waals surface area contributed by atoms with Crippen molar-refractivity contribution in [3.8, 4) is 0 Å². The minimum absolute atomic E-state index is 0.00925. The second kappa shape index (κ2) is 8.15. The van der Waals surface area contributed by atoms with Gasteiger partial charge in [0.1, 0.15) is 0 Å². The van der Waals surface area contributed by atoms with Gasteiger partial charge in [0, 0.05) is 44.6 Å². The van der Waals surface area contributed by atoms with Gasteiger partial charge in [-0.15, -0.1) is 0 Å². The lowest BCUT2D eigenvalue weighted by Gasteiger charge is -2.40. The van der Waals surface area contributed by atoms with Crippen molar-refractivity contribution in [2.45, 2.75) is 33.1 Å². The van der Waals surface area contributed by atoms with Crippen LogP contribution in [-0.2, 0) is 14.8 Å². The summed E-state index contributed by atoms with van der Waals surface area (Å²) in [6.07, 6.45) is 2.67. The molecule has 1 unspecified atom stereocenters. The van der Waals surface area contributed by atoms with Crippen LogP contribution >= 0.6 is 0 Å². The Labute approximate surface area is 144 Å². The number of guanidine groups is 1. The number of rotatable bonds is 6. The predicted molar refractivity (Wildman–Crippen MR) is 94.3 cm³/mol. The smallest absolute Gasteiger partial charge is 0.220 e. The lowest BCUT2D eigenvalue weighted by Crippen LogP contribution is -2.51. The summed E-state index contributed by atoms with van der Waals surface area (Å²) in [5, 5.41) is 6.22. The molecule has 138 valence electrons. The Bertz CT molecular complexity index is 578. The lowest BCUT2D eigenvalue weighted by molar-refractivity contribution is -0.119. The molecule has 2 saturated heterocycles. The first-order valence-electron chi connectivity index (χ1n) is 8.67. The van der Waals surface area contributed by atoms with Gasteiger partial charge in [-0.1, -0.05) is 0 Å². The lowest BCUT2D eigenvalue weighted by atomic mass is 9.79. The molecule has 0 radical (unpaired) electrons. The van der Waals surface area contributed by atoms with Crippen molar-refractivity contribution in [1.82, 2.24) is 20.3 Å². The van der Waals surface area contributed by atoms with E-state index in [9.17, 15) is 13.2 Å². The molecule has 0 aliphatic carbocycles. The Balaban J connectivity index is 1.96. The molecule has 2 aliphatic heterocycles. The molecule has 0 aromatic rings. The van der Waals surface area contributed by atoms with Crippen molar-refractivity contribution in [3.63, 3.8) is 0 Å². The number of carbonyl (C=O) groups excluding carboxylic acids is 1. The van der Waals surface area contributed by atoms with Crippen LogP contribution in [0.25, 0.3) is 0 Å². The predicted octanol–water partition coefficient (Wildman–Crippen LogP) is -0.507. The number of aliphatic imine (C=N–C) groups is 1. The SMILES string of the molecule is CCNC(=NCCNS(=O)(=O)CC)N1CCCC2(CNC(=O)C2)C1. The van der Waals surface area contributed by atoms with Crippen molar-refractivity contribution in [2.75, 3.05) is 45.0 Å². The molecule has 3 N–H and O–H groups in total. The van der Waals surface area contributed by atoms with Crippen molar-refractivity contribution < 1.29 is 13.2 Å². The van der Waals surface area contributed by atoms with Crippen LogP contribution in [0.5, 0.6) is 0 Å². The summed E-state index contributed by atoms with van der Waals surface area (Å²) < 4.78 is 25.4. The van der Waals surface area contributed by atoms with Gasteiger partial charge < -0.3 is 15.5 Å². The number of piperidine rings is 1. The van der Waals surface area contributed by atoms with Gasteiger partial charge in [0.05, 0.1) is 12.3 Å². The van der Waals surface area contributed by atoms with E-state index < -0.39 is 10.0 Å². The molecule has 2 fully saturated rings. The van der Waals surface area contributed by atoms with Crippen LogP contribution in [0.1, 0.15) is 33.1 Å². The van der Waals surface area contributed by atoms with E-state index >= 15 is 0 Å². The van der Waals surface area contributed by atoms with E-state index in [4.69, 9.17) is 0 Å². The molecular formula is C15H29N5O3S. The first-order chi connectivity index (χ1) is 11.4. The number of nitrogens with one attached hydrogen (secondary N) is 3. The second-order valence-electron chi connectivity index (χ2n) is 6.51. The van der Waals surface area contributed by atoms with Crippen LogP contribution in [0.15, 0.2) is 4.99 Å². The standard InChI is InChI=1S/C15H29N5O3S/c1-3-16-14(17-7-8-19-24(22,23)4-2)20-9-5-6-15(12-20)10-13(21)18-11-15/h19H,3-12H2,1-2H3,(H,16,17)(H,18,21). The van der Waals surface area contributed by atoms with Crippen LogP contribution in [0.3, 0.4) is 0 Å². The van der Waals surface area contributed by atoms with E-state index in [1.165, 1.54) is 0 Å². The number of nitrogens with zero attached hydrogens (tertiary/aromatic N) is 2. The van der Waals surface area contributed by atoms with Crippen molar-refractivity contribution in [2.24, 2.45) is 10.4 Å². The van der Waals surface area contributed by atoms with Crippen LogP contribution in [-0.4, -0.2) is 70.2 Å². The van der Waals surface area contributed by atoms with Gasteiger partial charge >= 0.3 is 0 Å². The largest absolute Gasteiger partial charge is 0.357 e. The maximum atomic E-state index is 11.6. The van der Waals surface area contributed by atoms with Gasteiger partial charge in [0.2, 0.25) is 15.9 Å². The molecule has 0 aromatic heterocycles. The topological polar surface area (TPSA) is 103 Å². The third kappa shape index (κ3) is 5.07. The highest BCUT2D eigenvalue weighted by atomic mass is 32.2. The summed E-state index contributed by atoms with van der Waals surface area (Å²) in [4.78, 5) is 18.4. The van der Waals surface area contributed by atoms with Gasteiger partial charge in [-0.25, -0.2) is 13.1 Å². The summed E-state index contributed by atoms with van der Waals surface area (Å²) in [6, 6.07) is 0. The van der Waals surface area contributed by atoms with Crippen LogP contribution in [0.4, 0.5) is 0 Å². The second-order valence-corrected chi connectivity index (χ2v) is 8.61. The summed E-state index contributed by atoms with van der Waals surface area (Å²) in [7, 11) is -3.18. The zero-order chi connectivity index (χ0) is 17.6. The highest BCUT2D eigenvalue weighted by Crippen LogP contribution is 2.35. The Morgan fingerprint density at radius 3 is 2.83 bits per heavy atom. The third-order valence-corrected chi connectivity index (χ3v) is 5.97. The van der Waals surface area contributed by atoms with Crippen molar-refractivity contribution >= 4 is 21.9 Å². The fourth-order valence-electron chi connectivity index (χ4n) is 3.32. The monoisotopic (exact) mass is 359 g/mol. The summed E-state index contributed by atoms with van der Waals surface area (Å²) in [5.74, 6) is 1.01. The van der Waals surface area contributed by atoms with E-state index in [0.29, 0.717) is 19.5 Å². The molecule has 8 nitrogen and oxygen atoms in total. The Hall–Kier alpha value is -1.35. The minimum atomic E-state index is -3.18. The van der Waals surface area contributed by atoms with Crippen LogP contribution in [0, 0.1) is 5.41 Å². The molecule has 0 aromatic carbocycles. The molecule has 1 atom stereocenters. The van der Waals surface area contributed by atoms with E-state index in [1.807, 2.05) is 6.92 Å². The zero-order valence-corrected chi connectivity index (χ0v) is 15.4. The highest BCUT2D eigenvalue weighted by molar-refractivity contribution is 7.89. The van der Waals surface area contributed by atoms with E-state index in [1.54, 1.807) is 6.92 Å². The zero-order valence-electron chi connectivity index (χ0n) is 14.6. The molecular weight excluding hydrogens is 330 g/mol. The Morgan fingerprint density at radius 2 is 2.21 bits per heavy atom. The van der Waals surface area contributed by atoms with E-state index in [-0.39, 0.29) is 17.1 Å². The van der Waals surface area contributed by atoms with Gasteiger partial charge in [0.25, 0.3) is 0 Å². The van der Waals surface area contributed by atoms with Crippen molar-refractivity contribution in [1.29, 1.82) is 0 Å². The van der Waals surface area contributed by atoms with Gasteiger partial charge in [-0.3, -0.25) is 9.79 Å². The van der Waals surface area contributed by atoms with Crippen LogP contribution < -0.4 is 15.4 Å². The molecule has 1 spiro atoms. The summed E-state index contributed by atoms with van der Waals surface area (Å²) in [5.41, 5.74) is 0.00925. The maximum absolute atomic E-state index is 11.6. The van der Waals surface area contributed by atoms with Crippen molar-refractivity contribution in [3.05, 3.63) is 0 Å². The fourth-order valence-corrected chi connectivity index (χ4v) is 3.93. The normalized spacial score (nSPS) is 25.2. The van der Waals surface area contributed by atoms with Gasteiger partial charge in [0.15, 0.2) is 5.96 Å². The first-order valence-corrected chi connectivity index (χ1v) is 10.3. The van der Waals surface area contributed by atoms with E-state index in [0.717, 1.165) is 45.0 Å². The first kappa shape index (κ1) is 19.0. The molecule has 24 heavy (non-hydrogen) atoms. The molecule has 2 heterocycles. The number of amides is 1. The van der Waals surface area contributed by atoms with Crippen LogP contribution in [0.2, 0.25) is 0 Å². The Kier molecular flexibility index (Phi) is 6.45. The average Bonchev–Trinajstić information content (AvgIpc) is 2.90. The number of sulfonamides is 1. The molecule has 0 saturated carbocycles. The quantitative estimate of drug-likeness (QED) is 0.337. The number of likely N-dealkylation sites (tertiary alicyclic amines) is 1. The summed E-state index contributed by atoms with van der Waals surface area (Å²) in [6.45, 7) is 7.50. The molecule has 2 rings (SSSR count). The number of carbonyl (C=O) groups is 1. The highest BCUT2D eigenvalue weighted by Gasteiger charge is 2.42. The number of hydrogen-bond donors (Lipinski definition) is 3. The van der Waals surface area contributed by atoms with E-state index in [2.05, 4.69) is 25.2 Å². The third-order valence-electron chi connectivity index (χ3n) is 4.57. The fraction of sp³-hybridized carbons (Fsp3) is 0.867. The molecule has 2 aliphatic rings.